The van der Waals surface area contributed by atoms with E-state index in [9.17, 15) is 14.9 Å². The Labute approximate surface area is 155 Å². The fraction of sp³-hybridized carbons (Fsp3) is 0.158. The van der Waals surface area contributed by atoms with E-state index >= 15 is 0 Å². The number of amides is 1. The molecular weight excluding hydrogens is 350 g/mol. The fourth-order valence-corrected chi connectivity index (χ4v) is 3.51. The predicted molar refractivity (Wildman–Crippen MR) is 104 cm³/mol. The summed E-state index contributed by atoms with van der Waals surface area (Å²) in [6, 6.07) is 13.9. The number of aliphatic imine (C=N–C) groups is 1. The molecule has 1 aliphatic rings. The van der Waals surface area contributed by atoms with E-state index in [0.29, 0.717) is 16.6 Å². The number of likely N-dealkylation sites (N-methyl/N-ethyl adjacent to an activating group) is 1. The van der Waals surface area contributed by atoms with Crippen molar-refractivity contribution in [3.05, 3.63) is 74.7 Å². The average Bonchev–Trinajstić information content (AvgIpc) is 2.92. The van der Waals surface area contributed by atoms with Crippen LogP contribution in [0.25, 0.3) is 6.08 Å². The van der Waals surface area contributed by atoms with Crippen molar-refractivity contribution in [3.63, 3.8) is 0 Å². The van der Waals surface area contributed by atoms with E-state index in [4.69, 9.17) is 0 Å². The third-order valence-corrected chi connectivity index (χ3v) is 4.87. The maximum Gasteiger partial charge on any atom is 0.269 e. The first-order chi connectivity index (χ1) is 12.5. The second-order valence-corrected chi connectivity index (χ2v) is 6.75. The Hall–Kier alpha value is -2.93. The summed E-state index contributed by atoms with van der Waals surface area (Å²) in [6.07, 6.45) is 1.73. The molecular formula is C19H17N3O3S. The molecule has 0 spiro atoms. The van der Waals surface area contributed by atoms with Crippen LogP contribution in [0, 0.1) is 17.0 Å². The van der Waals surface area contributed by atoms with Gasteiger partial charge in [0.05, 0.1) is 15.5 Å². The maximum absolute atomic E-state index is 12.6. The van der Waals surface area contributed by atoms with E-state index in [-0.39, 0.29) is 11.6 Å². The van der Waals surface area contributed by atoms with Crippen LogP contribution < -0.4 is 0 Å². The number of hydrogen-bond acceptors (Lipinski definition) is 5. The quantitative estimate of drug-likeness (QED) is 0.452. The van der Waals surface area contributed by atoms with E-state index in [2.05, 4.69) is 4.99 Å². The molecule has 2 aromatic carbocycles. The van der Waals surface area contributed by atoms with Crippen LogP contribution in [0.1, 0.15) is 18.1 Å². The molecule has 2 aromatic rings. The number of rotatable bonds is 4. The largest absolute Gasteiger partial charge is 0.287 e. The van der Waals surface area contributed by atoms with Gasteiger partial charge in [-0.25, -0.2) is 4.99 Å². The lowest BCUT2D eigenvalue weighted by Gasteiger charge is -2.12. The van der Waals surface area contributed by atoms with Crippen molar-refractivity contribution in [1.82, 2.24) is 4.90 Å². The minimum atomic E-state index is -0.447. The summed E-state index contributed by atoms with van der Waals surface area (Å²) in [5, 5.41) is 11.4. The second-order valence-electron chi connectivity index (χ2n) is 5.74. The van der Waals surface area contributed by atoms with Crippen LogP contribution in [0.4, 0.5) is 11.4 Å². The molecule has 1 aliphatic heterocycles. The van der Waals surface area contributed by atoms with Crippen molar-refractivity contribution in [3.8, 4) is 0 Å². The Kier molecular flexibility index (Phi) is 5.18. The summed E-state index contributed by atoms with van der Waals surface area (Å²) in [5.41, 5.74) is 2.70. The highest BCUT2D eigenvalue weighted by Gasteiger charge is 2.32. The second kappa shape index (κ2) is 7.53. The molecule has 1 saturated heterocycles. The van der Waals surface area contributed by atoms with E-state index in [1.165, 1.54) is 23.9 Å². The van der Waals surface area contributed by atoms with Gasteiger partial charge in [0.25, 0.3) is 11.6 Å². The van der Waals surface area contributed by atoms with Crippen LogP contribution in [-0.2, 0) is 4.79 Å². The number of hydrogen-bond donors (Lipinski definition) is 0. The van der Waals surface area contributed by atoms with Gasteiger partial charge in [-0.1, -0.05) is 17.7 Å². The third-order valence-electron chi connectivity index (χ3n) is 3.86. The Bertz CT molecular complexity index is 903. The fourth-order valence-electron chi connectivity index (χ4n) is 2.44. The van der Waals surface area contributed by atoms with E-state index in [1.807, 2.05) is 38.1 Å². The highest BCUT2D eigenvalue weighted by molar-refractivity contribution is 8.18. The van der Waals surface area contributed by atoms with E-state index < -0.39 is 4.92 Å². The molecule has 0 aromatic heterocycles. The summed E-state index contributed by atoms with van der Waals surface area (Å²) in [6.45, 7) is 4.43. The summed E-state index contributed by atoms with van der Waals surface area (Å²) in [7, 11) is 0. The number of nitro groups is 1. The predicted octanol–water partition coefficient (Wildman–Crippen LogP) is 4.53. The summed E-state index contributed by atoms with van der Waals surface area (Å²) < 4.78 is 0. The molecule has 0 atom stereocenters. The van der Waals surface area contributed by atoms with Crippen LogP contribution in [0.5, 0.6) is 0 Å². The molecule has 0 aliphatic carbocycles. The lowest BCUT2D eigenvalue weighted by molar-refractivity contribution is -0.384. The van der Waals surface area contributed by atoms with Crippen LogP contribution >= 0.6 is 11.8 Å². The molecule has 7 heteroatoms. The van der Waals surface area contributed by atoms with Gasteiger partial charge >= 0.3 is 0 Å². The highest BCUT2D eigenvalue weighted by Crippen LogP contribution is 2.34. The lowest BCUT2D eigenvalue weighted by Crippen LogP contribution is -2.28. The summed E-state index contributed by atoms with van der Waals surface area (Å²) >= 11 is 1.31. The Morgan fingerprint density at radius 1 is 1.15 bits per heavy atom. The van der Waals surface area contributed by atoms with Gasteiger partial charge in [-0.2, -0.15) is 0 Å². The molecule has 0 bridgehead atoms. The normalized spacial score (nSPS) is 17.3. The highest BCUT2D eigenvalue weighted by atomic mass is 32.2. The standard InChI is InChI=1S/C19H17N3O3S/c1-3-21-18(23)17(12-14-6-10-16(11-7-14)22(24)25)26-19(21)20-15-8-4-13(2)5-9-15/h4-12H,3H2,1-2H3/b17-12+,20-19?. The smallest absolute Gasteiger partial charge is 0.269 e. The van der Waals surface area contributed by atoms with Gasteiger partial charge in [0.15, 0.2) is 5.17 Å². The van der Waals surface area contributed by atoms with Gasteiger partial charge in [0.1, 0.15) is 0 Å². The monoisotopic (exact) mass is 367 g/mol. The van der Waals surface area contributed by atoms with Crippen molar-refractivity contribution in [2.24, 2.45) is 4.99 Å². The SMILES string of the molecule is CCN1C(=O)/C(=C\c2ccc([N+](=O)[O-])cc2)SC1=Nc1ccc(C)cc1. The molecule has 0 saturated carbocycles. The number of non-ortho nitro benzene ring substituents is 1. The van der Waals surface area contributed by atoms with Crippen LogP contribution in [0.15, 0.2) is 58.4 Å². The first-order valence-electron chi connectivity index (χ1n) is 8.09. The van der Waals surface area contributed by atoms with Gasteiger partial charge in [-0.3, -0.25) is 19.8 Å². The van der Waals surface area contributed by atoms with Crippen molar-refractivity contribution in [1.29, 1.82) is 0 Å². The molecule has 132 valence electrons. The molecule has 26 heavy (non-hydrogen) atoms. The molecule has 1 fully saturated rings. The maximum atomic E-state index is 12.6. The van der Waals surface area contributed by atoms with Gasteiger partial charge in [0.2, 0.25) is 0 Å². The number of carbonyl (C=O) groups excluding carboxylic acids is 1. The van der Waals surface area contributed by atoms with Crippen LogP contribution in [0.3, 0.4) is 0 Å². The zero-order valence-electron chi connectivity index (χ0n) is 14.4. The first kappa shape index (κ1) is 17.9. The lowest BCUT2D eigenvalue weighted by atomic mass is 10.2. The van der Waals surface area contributed by atoms with Gasteiger partial charge in [-0.15, -0.1) is 0 Å². The number of amidine groups is 1. The van der Waals surface area contributed by atoms with Gasteiger partial charge in [0, 0.05) is 18.7 Å². The minimum absolute atomic E-state index is 0.0226. The van der Waals surface area contributed by atoms with E-state index in [0.717, 1.165) is 16.8 Å². The zero-order chi connectivity index (χ0) is 18.7. The molecule has 0 unspecified atom stereocenters. The molecule has 0 N–H and O–H groups in total. The topological polar surface area (TPSA) is 75.8 Å². The molecule has 0 radical (unpaired) electrons. The molecule has 1 heterocycles. The molecule has 1 amide bonds. The number of aryl methyl sites for hydroxylation is 1. The summed E-state index contributed by atoms with van der Waals surface area (Å²) in [4.78, 5) is 29.7. The van der Waals surface area contributed by atoms with E-state index in [1.54, 1.807) is 23.1 Å². The molecule has 6 nitrogen and oxygen atoms in total. The van der Waals surface area contributed by atoms with Gasteiger partial charge in [-0.05, 0) is 61.5 Å². The third kappa shape index (κ3) is 3.83. The van der Waals surface area contributed by atoms with Crippen molar-refractivity contribution in [2.45, 2.75) is 13.8 Å². The Morgan fingerprint density at radius 2 is 1.81 bits per heavy atom. The van der Waals surface area contributed by atoms with Crippen molar-refractivity contribution < 1.29 is 9.72 Å². The average molecular weight is 367 g/mol. The first-order valence-corrected chi connectivity index (χ1v) is 8.91. The Balaban J connectivity index is 1.88. The van der Waals surface area contributed by atoms with Crippen molar-refractivity contribution >= 4 is 40.3 Å². The van der Waals surface area contributed by atoms with Crippen LogP contribution in [-0.4, -0.2) is 27.4 Å². The number of benzene rings is 2. The number of carbonyl (C=O) groups is 1. The minimum Gasteiger partial charge on any atom is -0.287 e. The van der Waals surface area contributed by atoms with Crippen LogP contribution in [0.2, 0.25) is 0 Å². The van der Waals surface area contributed by atoms with Gasteiger partial charge < -0.3 is 0 Å². The summed E-state index contributed by atoms with van der Waals surface area (Å²) in [5.74, 6) is -0.110. The zero-order valence-corrected chi connectivity index (χ0v) is 15.2. The van der Waals surface area contributed by atoms with Crippen molar-refractivity contribution in [2.75, 3.05) is 6.54 Å². The Morgan fingerprint density at radius 3 is 2.38 bits per heavy atom. The molecule has 3 rings (SSSR count). The number of thioether (sulfide) groups is 1. The number of nitrogens with zero attached hydrogens (tertiary/aromatic N) is 3. The number of nitro benzene ring substituents is 1.